The van der Waals surface area contributed by atoms with Crippen molar-refractivity contribution in [3.05, 3.63) is 42.0 Å². The summed E-state index contributed by atoms with van der Waals surface area (Å²) in [6.07, 6.45) is 13.5. The van der Waals surface area contributed by atoms with Crippen molar-refractivity contribution in [3.8, 4) is 0 Å². The van der Waals surface area contributed by atoms with E-state index in [1.54, 1.807) is 11.1 Å². The Bertz CT molecular complexity index is 525. The first-order valence-corrected chi connectivity index (χ1v) is 16.2. The van der Waals surface area contributed by atoms with Crippen molar-refractivity contribution in [1.82, 2.24) is 0 Å². The molecule has 0 fully saturated rings. The Morgan fingerprint density at radius 2 is 2.11 bits per heavy atom. The molecule has 2 rings (SSSR count). The van der Waals surface area contributed by atoms with Crippen molar-refractivity contribution < 1.29 is 20.4 Å². The van der Waals surface area contributed by atoms with E-state index in [2.05, 4.69) is 58.2 Å². The van der Waals surface area contributed by atoms with Gasteiger partial charge in [-0.25, -0.2) is 0 Å². The molecule has 0 N–H and O–H groups in total. The second-order valence-corrected chi connectivity index (χ2v) is 23.0. The van der Waals surface area contributed by atoms with Crippen LogP contribution in [0.2, 0.25) is 13.1 Å². The summed E-state index contributed by atoms with van der Waals surface area (Å²) in [5.41, 5.74) is 3.22. The summed E-state index contributed by atoms with van der Waals surface area (Å²) in [5, 5.41) is 0. The van der Waals surface area contributed by atoms with Crippen LogP contribution >= 0.6 is 0 Å². The zero-order valence-electron chi connectivity index (χ0n) is 13.0. The molecule has 0 amide bonds. The molecule has 0 aromatic heterocycles. The van der Waals surface area contributed by atoms with E-state index in [0.29, 0.717) is 0 Å². The molecule has 19 heavy (non-hydrogen) atoms. The van der Waals surface area contributed by atoms with Gasteiger partial charge in [-0.1, -0.05) is 0 Å². The fourth-order valence-electron chi connectivity index (χ4n) is 3.38. The topological polar surface area (TPSA) is 0 Å². The van der Waals surface area contributed by atoms with Gasteiger partial charge in [0.25, 0.3) is 0 Å². The first-order valence-electron chi connectivity index (χ1n) is 7.52. The summed E-state index contributed by atoms with van der Waals surface area (Å²) in [5.74, 6) is 0.734. The molecule has 2 heteroatoms. The molecule has 1 atom stereocenters. The van der Waals surface area contributed by atoms with Crippen LogP contribution in [0, 0.1) is 5.92 Å². The molecular weight excluding hydrogens is 323 g/mol. The minimum absolute atomic E-state index is 0.145. The van der Waals surface area contributed by atoms with E-state index in [1.807, 2.05) is 6.56 Å². The van der Waals surface area contributed by atoms with Crippen LogP contribution in [0.1, 0.15) is 40.0 Å². The van der Waals surface area contributed by atoms with Crippen LogP contribution < -0.4 is 0 Å². The third kappa shape index (κ3) is 3.22. The van der Waals surface area contributed by atoms with E-state index in [1.165, 1.54) is 19.3 Å². The van der Waals surface area contributed by atoms with Crippen LogP contribution in [0.5, 0.6) is 0 Å². The molecule has 2 aliphatic rings. The normalized spacial score (nSPS) is 21.8. The molecule has 0 nitrogen and oxygen atoms in total. The molecule has 102 valence electrons. The standard InChI is InChI=1S/C10H15.C5H5.C2H6Si.Zr/c1-4-5-10-7-8(2)6-9(10)3;1-2-4-5-3-1;1-3-2;/h7-8H,4-5H2,1-3H3;1-3H,4H2;1-2H3;. The number of hydrogen-bond donors (Lipinski definition) is 0. The van der Waals surface area contributed by atoms with Gasteiger partial charge < -0.3 is 0 Å². The first-order chi connectivity index (χ1) is 9.06. The molecule has 0 saturated carbocycles. The summed E-state index contributed by atoms with van der Waals surface area (Å²) in [6.45, 7) is 12.3. The van der Waals surface area contributed by atoms with Gasteiger partial charge in [-0.2, -0.15) is 0 Å². The number of rotatable bonds is 4. The fraction of sp³-hybridized carbons (Fsp3) is 0.529. The molecule has 0 aromatic rings. The van der Waals surface area contributed by atoms with Crippen molar-refractivity contribution >= 4 is 5.43 Å². The maximum atomic E-state index is 2.57. The Morgan fingerprint density at radius 3 is 2.63 bits per heavy atom. The third-order valence-electron chi connectivity index (χ3n) is 4.17. The zero-order valence-corrected chi connectivity index (χ0v) is 16.5. The Balaban J connectivity index is 2.42. The first kappa shape index (κ1) is 15.4. The van der Waals surface area contributed by atoms with Gasteiger partial charge >= 0.3 is 127 Å². The van der Waals surface area contributed by atoms with Crippen molar-refractivity contribution in [2.45, 2.75) is 53.1 Å². The molecule has 2 aliphatic carbocycles. The molecule has 0 heterocycles. The van der Waals surface area contributed by atoms with Crippen LogP contribution in [-0.2, 0) is 20.4 Å². The maximum absolute atomic E-state index is 2.57. The van der Waals surface area contributed by atoms with Gasteiger partial charge in [-0.05, 0) is 0 Å². The van der Waals surface area contributed by atoms with Crippen LogP contribution in [0.25, 0.3) is 0 Å². The second-order valence-electron chi connectivity index (χ2n) is 5.97. The van der Waals surface area contributed by atoms with Gasteiger partial charge in [0, 0.05) is 0 Å². The van der Waals surface area contributed by atoms with E-state index in [0.717, 1.165) is 5.92 Å². The Hall–Kier alpha value is 0.0600. The van der Waals surface area contributed by atoms with Crippen LogP contribution in [0.3, 0.4) is 0 Å². The predicted octanol–water partition coefficient (Wildman–Crippen LogP) is 5.35. The summed E-state index contributed by atoms with van der Waals surface area (Å²) < 4.78 is 3.79. The number of allylic oxidation sites excluding steroid dienone is 8. The Kier molecular flexibility index (Phi) is 5.43. The van der Waals surface area contributed by atoms with E-state index in [4.69, 9.17) is 0 Å². The van der Waals surface area contributed by atoms with E-state index in [9.17, 15) is 0 Å². The Morgan fingerprint density at radius 1 is 1.37 bits per heavy atom. The second kappa shape index (κ2) is 6.68. The number of hydrogen-bond acceptors (Lipinski definition) is 0. The van der Waals surface area contributed by atoms with Crippen molar-refractivity contribution in [2.75, 3.05) is 0 Å². The fourth-order valence-corrected chi connectivity index (χ4v) is 21.7. The quantitative estimate of drug-likeness (QED) is 0.600. The molecule has 0 radical (unpaired) electrons. The molecular formula is C17H26SiZr. The molecule has 0 aliphatic heterocycles. The van der Waals surface area contributed by atoms with Crippen molar-refractivity contribution in [2.24, 2.45) is 5.92 Å². The van der Waals surface area contributed by atoms with Crippen LogP contribution in [0.4, 0.5) is 0 Å². The molecule has 1 unspecified atom stereocenters. The molecule has 0 bridgehead atoms. The summed E-state index contributed by atoms with van der Waals surface area (Å²) in [6, 6.07) is 0. The van der Waals surface area contributed by atoms with Gasteiger partial charge in [0.05, 0.1) is 0 Å². The van der Waals surface area contributed by atoms with Gasteiger partial charge in [0.1, 0.15) is 0 Å². The van der Waals surface area contributed by atoms with Crippen molar-refractivity contribution in [3.63, 3.8) is 0 Å². The third-order valence-corrected chi connectivity index (χ3v) is 21.9. The van der Waals surface area contributed by atoms with Gasteiger partial charge in [-0.15, -0.1) is 0 Å². The summed E-state index contributed by atoms with van der Waals surface area (Å²) >= 11 is -1.53. The zero-order chi connectivity index (χ0) is 14.0. The van der Waals surface area contributed by atoms with E-state index < -0.39 is 20.4 Å². The minimum atomic E-state index is -1.53. The predicted molar refractivity (Wildman–Crippen MR) is 84.2 cm³/mol. The van der Waals surface area contributed by atoms with Crippen LogP contribution in [-0.4, -0.2) is 5.43 Å². The van der Waals surface area contributed by atoms with E-state index >= 15 is 0 Å². The average molecular weight is 350 g/mol. The molecule has 0 aromatic carbocycles. The van der Waals surface area contributed by atoms with Crippen molar-refractivity contribution in [1.29, 1.82) is 0 Å². The van der Waals surface area contributed by atoms with Crippen LogP contribution in [0.15, 0.2) is 42.0 Å². The van der Waals surface area contributed by atoms with Gasteiger partial charge in [0.15, 0.2) is 0 Å². The monoisotopic (exact) mass is 348 g/mol. The summed E-state index contributed by atoms with van der Waals surface area (Å²) in [7, 11) is 0. The SMILES string of the molecule is CCCC1=CC(C)[C]([Zr]([C]2=CC=CC2)=[Si](C)C)=C1C. The summed E-state index contributed by atoms with van der Waals surface area (Å²) in [4.78, 5) is 0. The molecule has 0 saturated heterocycles. The average Bonchev–Trinajstić information content (AvgIpc) is 2.94. The Labute approximate surface area is 126 Å². The van der Waals surface area contributed by atoms with E-state index in [-0.39, 0.29) is 5.43 Å². The van der Waals surface area contributed by atoms with Gasteiger partial charge in [0.2, 0.25) is 0 Å². The molecule has 0 spiro atoms. The van der Waals surface area contributed by atoms with Gasteiger partial charge in [-0.3, -0.25) is 0 Å².